The topological polar surface area (TPSA) is 56.6 Å². The number of amides is 1. The van der Waals surface area contributed by atoms with E-state index in [0.29, 0.717) is 29.0 Å². The molecule has 0 atom stereocenters. The zero-order valence-corrected chi connectivity index (χ0v) is 22.8. The number of benzene rings is 3. The molecule has 3 aromatic carbocycles. The zero-order chi connectivity index (χ0) is 26.5. The van der Waals surface area contributed by atoms with Crippen molar-refractivity contribution in [2.24, 2.45) is 0 Å². The normalized spacial score (nSPS) is 14.5. The lowest BCUT2D eigenvalue weighted by molar-refractivity contribution is -0.122. The molecule has 192 valence electrons. The van der Waals surface area contributed by atoms with Gasteiger partial charge in [0.2, 0.25) is 0 Å². The zero-order valence-electron chi connectivity index (χ0n) is 21.2. The standard InChI is InChI=1S/C30H27N3O3S2/c1-21-11-13-22(14-12-21)20-36-26-10-6-7-23(17-26)28-24(19-33(31-28)25-8-4-3-5-9-25)18-27-29(34)32(15-16-35-2)30(37)38-27/h3-14,17-19H,15-16,20H2,1-2H3. The lowest BCUT2D eigenvalue weighted by Gasteiger charge is -2.12. The molecule has 1 aromatic heterocycles. The van der Waals surface area contributed by atoms with Crippen molar-refractivity contribution in [3.05, 3.63) is 107 Å². The SMILES string of the molecule is COCCN1C(=O)C(=Cc2cn(-c3ccccc3)nc2-c2cccc(OCc3ccc(C)cc3)c2)SC1=S. The largest absolute Gasteiger partial charge is 0.489 e. The Kier molecular flexibility index (Phi) is 8.03. The van der Waals surface area contributed by atoms with Gasteiger partial charge in [0.15, 0.2) is 0 Å². The lowest BCUT2D eigenvalue weighted by atomic mass is 10.1. The first-order valence-corrected chi connectivity index (χ1v) is 13.4. The van der Waals surface area contributed by atoms with Crippen LogP contribution in [0.15, 0.2) is 90.0 Å². The number of aryl methyl sites for hydroxylation is 1. The third kappa shape index (κ3) is 5.88. The number of nitrogens with zero attached hydrogens (tertiary/aromatic N) is 3. The summed E-state index contributed by atoms with van der Waals surface area (Å²) < 4.78 is 13.6. The maximum absolute atomic E-state index is 13.1. The van der Waals surface area contributed by atoms with Gasteiger partial charge in [-0.2, -0.15) is 5.10 Å². The number of thioether (sulfide) groups is 1. The second kappa shape index (κ2) is 11.8. The lowest BCUT2D eigenvalue weighted by Crippen LogP contribution is -2.31. The van der Waals surface area contributed by atoms with Gasteiger partial charge in [-0.25, -0.2) is 4.68 Å². The fraction of sp³-hybridized carbons (Fsp3) is 0.167. The molecular weight excluding hydrogens is 514 g/mol. The van der Waals surface area contributed by atoms with Crippen LogP contribution in [0.3, 0.4) is 0 Å². The number of aromatic nitrogens is 2. The summed E-state index contributed by atoms with van der Waals surface area (Å²) in [6.45, 7) is 3.39. The van der Waals surface area contributed by atoms with E-state index in [1.165, 1.54) is 17.3 Å². The van der Waals surface area contributed by atoms with Gasteiger partial charge in [0.1, 0.15) is 22.4 Å². The van der Waals surface area contributed by atoms with Gasteiger partial charge < -0.3 is 9.47 Å². The number of carbonyl (C=O) groups excluding carboxylic acids is 1. The van der Waals surface area contributed by atoms with Crippen LogP contribution < -0.4 is 4.74 Å². The predicted octanol–water partition coefficient (Wildman–Crippen LogP) is 6.27. The molecule has 1 fully saturated rings. The third-order valence-electron chi connectivity index (χ3n) is 6.08. The summed E-state index contributed by atoms with van der Waals surface area (Å²) in [7, 11) is 1.61. The first-order chi connectivity index (χ1) is 18.5. The fourth-order valence-electron chi connectivity index (χ4n) is 4.03. The molecule has 0 saturated carbocycles. The van der Waals surface area contributed by atoms with Crippen molar-refractivity contribution in [3.63, 3.8) is 0 Å². The molecule has 1 saturated heterocycles. The van der Waals surface area contributed by atoms with Crippen molar-refractivity contribution < 1.29 is 14.3 Å². The molecule has 8 heteroatoms. The molecule has 0 aliphatic carbocycles. The minimum Gasteiger partial charge on any atom is -0.489 e. The van der Waals surface area contributed by atoms with E-state index in [4.69, 9.17) is 26.8 Å². The van der Waals surface area contributed by atoms with Gasteiger partial charge in [-0.15, -0.1) is 0 Å². The van der Waals surface area contributed by atoms with Crippen molar-refractivity contribution >= 4 is 40.3 Å². The monoisotopic (exact) mass is 541 g/mol. The van der Waals surface area contributed by atoms with Gasteiger partial charge in [-0.3, -0.25) is 9.69 Å². The van der Waals surface area contributed by atoms with Gasteiger partial charge in [0.05, 0.1) is 23.7 Å². The molecule has 1 amide bonds. The van der Waals surface area contributed by atoms with Crippen LogP contribution in [-0.4, -0.2) is 45.2 Å². The molecule has 38 heavy (non-hydrogen) atoms. The molecule has 0 unspecified atom stereocenters. The summed E-state index contributed by atoms with van der Waals surface area (Å²) >= 11 is 6.76. The Morgan fingerprint density at radius 2 is 1.82 bits per heavy atom. The average Bonchev–Trinajstić information content (AvgIpc) is 3.48. The number of hydrogen-bond acceptors (Lipinski definition) is 6. The Hall–Kier alpha value is -3.72. The van der Waals surface area contributed by atoms with E-state index >= 15 is 0 Å². The quantitative estimate of drug-likeness (QED) is 0.184. The summed E-state index contributed by atoms with van der Waals surface area (Å²) in [5.74, 6) is 0.625. The highest BCUT2D eigenvalue weighted by Gasteiger charge is 2.32. The summed E-state index contributed by atoms with van der Waals surface area (Å²) in [5, 5.41) is 4.90. The number of hydrogen-bond donors (Lipinski definition) is 0. The molecule has 4 aromatic rings. The molecule has 0 radical (unpaired) electrons. The second-order valence-corrected chi connectivity index (χ2v) is 10.5. The molecule has 1 aliphatic rings. The number of rotatable bonds is 9. The highest BCUT2D eigenvalue weighted by molar-refractivity contribution is 8.26. The molecule has 0 bridgehead atoms. The Morgan fingerprint density at radius 3 is 2.58 bits per heavy atom. The molecule has 5 rings (SSSR count). The molecule has 0 N–H and O–H groups in total. The van der Waals surface area contributed by atoms with E-state index in [1.54, 1.807) is 12.0 Å². The molecule has 2 heterocycles. The average molecular weight is 542 g/mol. The van der Waals surface area contributed by atoms with Crippen LogP contribution >= 0.6 is 24.0 Å². The van der Waals surface area contributed by atoms with Crippen LogP contribution in [0.4, 0.5) is 0 Å². The Balaban J connectivity index is 1.48. The third-order valence-corrected chi connectivity index (χ3v) is 7.45. The predicted molar refractivity (Wildman–Crippen MR) is 156 cm³/mol. The molecular formula is C30H27N3O3S2. The number of thiocarbonyl (C=S) groups is 1. The number of ether oxygens (including phenoxy) is 2. The van der Waals surface area contributed by atoms with Gasteiger partial charge in [0, 0.05) is 24.4 Å². The highest BCUT2D eigenvalue weighted by atomic mass is 32.2. The highest BCUT2D eigenvalue weighted by Crippen LogP contribution is 2.35. The number of carbonyl (C=O) groups is 1. The smallest absolute Gasteiger partial charge is 0.266 e. The molecule has 0 spiro atoms. The Labute approximate surface area is 231 Å². The van der Waals surface area contributed by atoms with E-state index < -0.39 is 0 Å². The van der Waals surface area contributed by atoms with E-state index in [9.17, 15) is 4.79 Å². The van der Waals surface area contributed by atoms with E-state index in [1.807, 2.05) is 71.6 Å². The van der Waals surface area contributed by atoms with Crippen LogP contribution in [-0.2, 0) is 16.1 Å². The molecule has 1 aliphatic heterocycles. The van der Waals surface area contributed by atoms with E-state index in [-0.39, 0.29) is 5.91 Å². The maximum atomic E-state index is 13.1. The van der Waals surface area contributed by atoms with Crippen molar-refractivity contribution in [3.8, 4) is 22.7 Å². The van der Waals surface area contributed by atoms with Crippen LogP contribution in [0.2, 0.25) is 0 Å². The van der Waals surface area contributed by atoms with E-state index in [0.717, 1.165) is 33.8 Å². The van der Waals surface area contributed by atoms with Gasteiger partial charge in [-0.1, -0.05) is 84.1 Å². The summed E-state index contributed by atoms with van der Waals surface area (Å²) in [4.78, 5) is 15.2. The van der Waals surface area contributed by atoms with Crippen LogP contribution in [0.1, 0.15) is 16.7 Å². The maximum Gasteiger partial charge on any atom is 0.266 e. The van der Waals surface area contributed by atoms with Crippen LogP contribution in [0.25, 0.3) is 23.0 Å². The number of methoxy groups -OCH3 is 1. The van der Waals surface area contributed by atoms with Gasteiger partial charge in [0.25, 0.3) is 5.91 Å². The van der Waals surface area contributed by atoms with Gasteiger partial charge >= 0.3 is 0 Å². The van der Waals surface area contributed by atoms with Gasteiger partial charge in [-0.05, 0) is 42.8 Å². The summed E-state index contributed by atoms with van der Waals surface area (Å²) in [5.41, 5.74) is 5.70. The first-order valence-electron chi connectivity index (χ1n) is 12.2. The van der Waals surface area contributed by atoms with Crippen LogP contribution in [0.5, 0.6) is 5.75 Å². The Morgan fingerprint density at radius 1 is 1.03 bits per heavy atom. The second-order valence-electron chi connectivity index (χ2n) is 8.84. The minimum absolute atomic E-state index is 0.120. The van der Waals surface area contributed by atoms with Crippen molar-refractivity contribution in [2.45, 2.75) is 13.5 Å². The fourth-order valence-corrected chi connectivity index (χ4v) is 5.33. The van der Waals surface area contributed by atoms with Crippen molar-refractivity contribution in [1.82, 2.24) is 14.7 Å². The number of para-hydroxylation sites is 1. The van der Waals surface area contributed by atoms with Crippen molar-refractivity contribution in [2.75, 3.05) is 20.3 Å². The molecule has 6 nitrogen and oxygen atoms in total. The van der Waals surface area contributed by atoms with E-state index in [2.05, 4.69) is 31.2 Å². The first kappa shape index (κ1) is 25.9. The summed E-state index contributed by atoms with van der Waals surface area (Å²) in [6.07, 6.45) is 3.81. The summed E-state index contributed by atoms with van der Waals surface area (Å²) in [6, 6.07) is 26.1. The Bertz CT molecular complexity index is 1480. The van der Waals surface area contributed by atoms with Crippen molar-refractivity contribution in [1.29, 1.82) is 0 Å². The van der Waals surface area contributed by atoms with Crippen LogP contribution in [0, 0.1) is 6.92 Å². The minimum atomic E-state index is -0.120.